The first-order valence-electron chi connectivity index (χ1n) is 21.9. The van der Waals surface area contributed by atoms with Crippen LogP contribution in [0.25, 0.3) is 111 Å². The molecule has 12 rings (SSSR count). The largest absolute Gasteiger partial charge is 0.309 e. The van der Waals surface area contributed by atoms with Gasteiger partial charge in [-0.3, -0.25) is 9.97 Å². The molecule has 0 unspecified atom stereocenters. The molecule has 4 aromatic heterocycles. The Labute approximate surface area is 376 Å². The van der Waals surface area contributed by atoms with Gasteiger partial charge in [0.25, 0.3) is 0 Å². The molecule has 0 N–H and O–H groups in total. The molecule has 5 nitrogen and oxygen atoms in total. The summed E-state index contributed by atoms with van der Waals surface area (Å²) in [5, 5.41) is 14.8. The Kier molecular flexibility index (Phi) is 9.03. The van der Waals surface area contributed by atoms with Gasteiger partial charge in [0.15, 0.2) is 0 Å². The summed E-state index contributed by atoms with van der Waals surface area (Å²) in [6.45, 7) is 2.25. The lowest BCUT2D eigenvalue weighted by Gasteiger charge is -2.21. The monoisotopic (exact) mass is 829 g/mol. The Hall–Kier alpha value is -8.85. The van der Waals surface area contributed by atoms with Crippen molar-refractivity contribution in [2.75, 3.05) is 0 Å². The van der Waals surface area contributed by atoms with Crippen LogP contribution in [-0.2, 0) is 0 Å². The van der Waals surface area contributed by atoms with Crippen LogP contribution in [0.1, 0.15) is 11.1 Å². The SMILES string of the molecule is Cc1c(-n2c3ccccc3c3ccc(-c4ccnc(-c5ccccc5)c4)cc32)ccc(-c2cccc(C#N)c2)c1-n1c2ccccc2c2ccc(-c3ccnc(-c4ccccc4)c3)cc21. The van der Waals surface area contributed by atoms with Crippen molar-refractivity contribution >= 4 is 43.6 Å². The third kappa shape index (κ3) is 6.39. The fraction of sp³-hybridized carbons (Fsp3) is 0.0167. The number of benzene rings is 8. The van der Waals surface area contributed by atoms with Gasteiger partial charge in [0, 0.05) is 50.6 Å². The van der Waals surface area contributed by atoms with Gasteiger partial charge in [0.2, 0.25) is 0 Å². The van der Waals surface area contributed by atoms with Gasteiger partial charge < -0.3 is 9.13 Å². The first kappa shape index (κ1) is 37.9. The summed E-state index contributed by atoms with van der Waals surface area (Å²) in [7, 11) is 0. The van der Waals surface area contributed by atoms with Crippen molar-refractivity contribution in [3.63, 3.8) is 0 Å². The zero-order valence-electron chi connectivity index (χ0n) is 35.5. The molecule has 0 aliphatic heterocycles. The average Bonchev–Trinajstić information content (AvgIpc) is 3.88. The minimum atomic E-state index is 0.619. The Bertz CT molecular complexity index is 3850. The molecule has 4 heterocycles. The van der Waals surface area contributed by atoms with E-state index in [1.54, 1.807) is 0 Å². The standard InChI is InChI=1S/C60H39N5/c1-39-55(64-56-21-10-8-19-49(56)51-25-23-43(36-58(51)64)45-29-31-62-53(34-45)41-14-4-2-5-15-41)28-27-48(47-18-12-13-40(33-47)38-61)60(39)65-57-22-11-9-20-50(57)52-26-24-44(37-59(52)65)46-30-32-63-54(35-46)42-16-6-3-7-17-42/h2-37H,1H3. The van der Waals surface area contributed by atoms with E-state index in [-0.39, 0.29) is 0 Å². The zero-order chi connectivity index (χ0) is 43.4. The van der Waals surface area contributed by atoms with Gasteiger partial charge in [-0.2, -0.15) is 5.26 Å². The quantitative estimate of drug-likeness (QED) is 0.161. The van der Waals surface area contributed by atoms with Gasteiger partial charge in [-0.1, -0.05) is 140 Å². The predicted molar refractivity (Wildman–Crippen MR) is 267 cm³/mol. The number of hydrogen-bond donors (Lipinski definition) is 0. The summed E-state index contributed by atoms with van der Waals surface area (Å²) in [6, 6.07) is 75.1. The number of hydrogen-bond acceptors (Lipinski definition) is 3. The molecule has 0 saturated carbocycles. The Morgan fingerprint density at radius 2 is 0.877 bits per heavy atom. The van der Waals surface area contributed by atoms with Gasteiger partial charge in [0.05, 0.1) is 56.5 Å². The number of pyridine rings is 2. The van der Waals surface area contributed by atoms with Crippen molar-refractivity contribution in [3.8, 4) is 73.3 Å². The van der Waals surface area contributed by atoms with Gasteiger partial charge in [-0.15, -0.1) is 0 Å². The van der Waals surface area contributed by atoms with Crippen molar-refractivity contribution in [3.05, 3.63) is 230 Å². The van der Waals surface area contributed by atoms with Crippen LogP contribution in [0.3, 0.4) is 0 Å². The Morgan fingerprint density at radius 1 is 0.385 bits per heavy atom. The van der Waals surface area contributed by atoms with Gasteiger partial charge >= 0.3 is 0 Å². The number of para-hydroxylation sites is 2. The first-order valence-corrected chi connectivity index (χ1v) is 21.9. The number of fused-ring (bicyclic) bond motifs is 6. The lowest BCUT2D eigenvalue weighted by atomic mass is 9.97. The summed E-state index contributed by atoms with van der Waals surface area (Å²) in [5.74, 6) is 0. The van der Waals surface area contributed by atoms with Crippen LogP contribution in [0.2, 0.25) is 0 Å². The van der Waals surface area contributed by atoms with E-state index in [0.717, 1.165) is 100 Å². The molecule has 0 spiro atoms. The smallest absolute Gasteiger partial charge is 0.0991 e. The van der Waals surface area contributed by atoms with Crippen molar-refractivity contribution in [2.24, 2.45) is 0 Å². The van der Waals surface area contributed by atoms with Crippen molar-refractivity contribution < 1.29 is 0 Å². The topological polar surface area (TPSA) is 59.4 Å². The fourth-order valence-corrected chi connectivity index (χ4v) is 9.76. The van der Waals surface area contributed by atoms with E-state index in [9.17, 15) is 5.26 Å². The maximum absolute atomic E-state index is 10.1. The summed E-state index contributed by atoms with van der Waals surface area (Å²) >= 11 is 0. The summed E-state index contributed by atoms with van der Waals surface area (Å²) in [6.07, 6.45) is 3.81. The lowest BCUT2D eigenvalue weighted by molar-refractivity contribution is 1.10. The molecule has 0 radical (unpaired) electrons. The molecule has 12 aromatic rings. The maximum Gasteiger partial charge on any atom is 0.0991 e. The van der Waals surface area contributed by atoms with E-state index in [0.29, 0.717) is 5.56 Å². The highest BCUT2D eigenvalue weighted by Gasteiger charge is 2.23. The van der Waals surface area contributed by atoms with E-state index in [2.05, 4.69) is 198 Å². The number of rotatable bonds is 7. The molecule has 5 heteroatoms. The molecule has 0 bridgehead atoms. The van der Waals surface area contributed by atoms with Crippen LogP contribution in [0.4, 0.5) is 0 Å². The average molecular weight is 830 g/mol. The maximum atomic E-state index is 10.1. The number of nitrogens with zero attached hydrogens (tertiary/aromatic N) is 5. The van der Waals surface area contributed by atoms with E-state index >= 15 is 0 Å². The van der Waals surface area contributed by atoms with E-state index in [4.69, 9.17) is 9.97 Å². The van der Waals surface area contributed by atoms with Gasteiger partial charge in [-0.25, -0.2) is 0 Å². The molecular weight excluding hydrogens is 791 g/mol. The summed E-state index contributed by atoms with van der Waals surface area (Å²) in [5.41, 5.74) is 18.8. The summed E-state index contributed by atoms with van der Waals surface area (Å²) < 4.78 is 4.88. The van der Waals surface area contributed by atoms with Gasteiger partial charge in [0.1, 0.15) is 0 Å². The van der Waals surface area contributed by atoms with Crippen LogP contribution in [-0.4, -0.2) is 19.1 Å². The molecular formula is C60H39N5. The lowest BCUT2D eigenvalue weighted by Crippen LogP contribution is -2.06. The number of nitriles is 1. The Morgan fingerprint density at radius 3 is 1.46 bits per heavy atom. The van der Waals surface area contributed by atoms with E-state index in [1.807, 2.05) is 42.7 Å². The minimum absolute atomic E-state index is 0.619. The van der Waals surface area contributed by atoms with Crippen LogP contribution < -0.4 is 0 Å². The van der Waals surface area contributed by atoms with Crippen LogP contribution in [0, 0.1) is 18.3 Å². The van der Waals surface area contributed by atoms with E-state index < -0.39 is 0 Å². The molecule has 0 aliphatic carbocycles. The third-order valence-electron chi connectivity index (χ3n) is 12.8. The molecule has 65 heavy (non-hydrogen) atoms. The first-order chi connectivity index (χ1) is 32.1. The van der Waals surface area contributed by atoms with Crippen molar-refractivity contribution in [1.29, 1.82) is 5.26 Å². The molecule has 304 valence electrons. The third-order valence-corrected chi connectivity index (χ3v) is 12.8. The molecule has 0 aliphatic rings. The highest BCUT2D eigenvalue weighted by molar-refractivity contribution is 6.12. The second kappa shape index (κ2) is 15.5. The second-order valence-electron chi connectivity index (χ2n) is 16.6. The molecule has 8 aromatic carbocycles. The van der Waals surface area contributed by atoms with Crippen LogP contribution >= 0.6 is 0 Å². The van der Waals surface area contributed by atoms with E-state index in [1.165, 1.54) is 16.2 Å². The number of aromatic nitrogens is 4. The summed E-state index contributed by atoms with van der Waals surface area (Å²) in [4.78, 5) is 9.49. The predicted octanol–water partition coefficient (Wildman–Crippen LogP) is 15.2. The molecule has 0 fully saturated rings. The second-order valence-corrected chi connectivity index (χ2v) is 16.6. The highest BCUT2D eigenvalue weighted by Crippen LogP contribution is 2.43. The normalized spacial score (nSPS) is 11.4. The van der Waals surface area contributed by atoms with Crippen LogP contribution in [0.15, 0.2) is 219 Å². The Balaban J connectivity index is 1.12. The minimum Gasteiger partial charge on any atom is -0.309 e. The highest BCUT2D eigenvalue weighted by atomic mass is 15.0. The fourth-order valence-electron chi connectivity index (χ4n) is 9.76. The van der Waals surface area contributed by atoms with Crippen LogP contribution in [0.5, 0.6) is 0 Å². The van der Waals surface area contributed by atoms with Crippen molar-refractivity contribution in [2.45, 2.75) is 6.92 Å². The molecule has 0 saturated heterocycles. The molecule has 0 atom stereocenters. The van der Waals surface area contributed by atoms with Crippen molar-refractivity contribution in [1.82, 2.24) is 19.1 Å². The molecule has 0 amide bonds. The zero-order valence-corrected chi connectivity index (χ0v) is 35.5. The van der Waals surface area contributed by atoms with Gasteiger partial charge in [-0.05, 0) is 107 Å².